The highest BCUT2D eigenvalue weighted by molar-refractivity contribution is 9.10. The van der Waals surface area contributed by atoms with Crippen LogP contribution in [0.5, 0.6) is 5.75 Å². The number of anilines is 3. The summed E-state index contributed by atoms with van der Waals surface area (Å²) in [4.78, 5) is 27.9. The normalized spacial score (nSPS) is 12.9. The Balaban J connectivity index is 0.00000380. The van der Waals surface area contributed by atoms with E-state index in [0.29, 0.717) is 11.3 Å². The summed E-state index contributed by atoms with van der Waals surface area (Å²) < 4.78 is 6.31. The number of halogens is 3. The number of ether oxygens (including phenoxy) is 1. The van der Waals surface area contributed by atoms with Crippen LogP contribution in [0.25, 0.3) is 0 Å². The van der Waals surface area contributed by atoms with E-state index in [0.717, 1.165) is 41.8 Å². The number of para-hydroxylation sites is 2. The van der Waals surface area contributed by atoms with Gasteiger partial charge in [0, 0.05) is 28.1 Å². The molecule has 196 valence electrons. The van der Waals surface area contributed by atoms with Crippen molar-refractivity contribution in [3.05, 3.63) is 81.3 Å². The number of nitrogens with zero attached hydrogens (tertiary/aromatic N) is 2. The van der Waals surface area contributed by atoms with Crippen molar-refractivity contribution in [2.24, 2.45) is 0 Å². The van der Waals surface area contributed by atoms with Crippen molar-refractivity contribution in [2.45, 2.75) is 25.7 Å². The maximum absolute atomic E-state index is 13.9. The lowest BCUT2D eigenvalue weighted by Crippen LogP contribution is -2.39. The number of carbonyl (C=O) groups excluding carboxylic acids is 1. The van der Waals surface area contributed by atoms with Crippen LogP contribution in [0.2, 0.25) is 5.02 Å². The SMILES string of the molecule is COc1c(CC(=O)N(Nc2ccc(Br)cc2)c2ccccc2N2CCCCC2)cc(Cl)cc1C(=O)O.Cl. The molecule has 1 aliphatic rings. The fourth-order valence-electron chi connectivity index (χ4n) is 4.39. The first-order valence-corrected chi connectivity index (χ1v) is 12.8. The minimum atomic E-state index is -1.18. The highest BCUT2D eigenvalue weighted by Gasteiger charge is 2.25. The topological polar surface area (TPSA) is 82.1 Å². The molecule has 3 aromatic carbocycles. The van der Waals surface area contributed by atoms with E-state index >= 15 is 0 Å². The van der Waals surface area contributed by atoms with Crippen molar-refractivity contribution in [1.29, 1.82) is 0 Å². The van der Waals surface area contributed by atoms with Gasteiger partial charge in [-0.05, 0) is 67.8 Å². The molecule has 0 spiro atoms. The lowest BCUT2D eigenvalue weighted by Gasteiger charge is -2.34. The number of hydrogen-bond acceptors (Lipinski definition) is 5. The van der Waals surface area contributed by atoms with Crippen LogP contribution in [0.3, 0.4) is 0 Å². The van der Waals surface area contributed by atoms with E-state index < -0.39 is 5.97 Å². The Kier molecular flexibility index (Phi) is 10.1. The smallest absolute Gasteiger partial charge is 0.339 e. The summed E-state index contributed by atoms with van der Waals surface area (Å²) in [5, 5.41) is 11.4. The Morgan fingerprint density at radius 3 is 2.41 bits per heavy atom. The molecule has 37 heavy (non-hydrogen) atoms. The zero-order valence-corrected chi connectivity index (χ0v) is 23.4. The Labute approximate surface area is 235 Å². The number of carbonyl (C=O) groups is 2. The number of piperidine rings is 1. The minimum absolute atomic E-state index is 0. The first-order valence-electron chi connectivity index (χ1n) is 11.7. The summed E-state index contributed by atoms with van der Waals surface area (Å²) in [5.74, 6) is -1.35. The van der Waals surface area contributed by atoms with E-state index in [4.69, 9.17) is 16.3 Å². The van der Waals surface area contributed by atoms with E-state index in [9.17, 15) is 14.7 Å². The van der Waals surface area contributed by atoms with Crippen LogP contribution in [-0.4, -0.2) is 37.2 Å². The predicted octanol–water partition coefficient (Wildman–Crippen LogP) is 6.82. The summed E-state index contributed by atoms with van der Waals surface area (Å²) >= 11 is 9.65. The van der Waals surface area contributed by atoms with Crippen LogP contribution in [0.1, 0.15) is 35.2 Å². The third kappa shape index (κ3) is 6.89. The van der Waals surface area contributed by atoms with E-state index in [1.165, 1.54) is 24.6 Å². The molecule has 4 rings (SSSR count). The van der Waals surface area contributed by atoms with E-state index in [1.54, 1.807) is 6.07 Å². The van der Waals surface area contributed by atoms with Crippen molar-refractivity contribution >= 4 is 68.9 Å². The lowest BCUT2D eigenvalue weighted by atomic mass is 10.0. The molecule has 1 heterocycles. The molecule has 3 aromatic rings. The van der Waals surface area contributed by atoms with Gasteiger partial charge in [0.15, 0.2) is 0 Å². The minimum Gasteiger partial charge on any atom is -0.496 e. The molecule has 1 aliphatic heterocycles. The number of methoxy groups -OCH3 is 1. The van der Waals surface area contributed by atoms with Gasteiger partial charge in [-0.3, -0.25) is 10.2 Å². The molecule has 7 nitrogen and oxygen atoms in total. The van der Waals surface area contributed by atoms with Gasteiger partial charge in [-0.25, -0.2) is 9.80 Å². The van der Waals surface area contributed by atoms with Gasteiger partial charge >= 0.3 is 5.97 Å². The van der Waals surface area contributed by atoms with Gasteiger partial charge in [-0.2, -0.15) is 0 Å². The van der Waals surface area contributed by atoms with Gasteiger partial charge in [0.05, 0.1) is 30.6 Å². The van der Waals surface area contributed by atoms with Crippen LogP contribution in [0, 0.1) is 0 Å². The van der Waals surface area contributed by atoms with Crippen LogP contribution < -0.4 is 20.1 Å². The largest absolute Gasteiger partial charge is 0.496 e. The molecule has 0 bridgehead atoms. The summed E-state index contributed by atoms with van der Waals surface area (Å²) in [6, 6.07) is 18.2. The molecule has 0 radical (unpaired) electrons. The number of carboxylic acid groups (broad SMARTS) is 1. The van der Waals surface area contributed by atoms with Crippen molar-refractivity contribution in [3.63, 3.8) is 0 Å². The summed E-state index contributed by atoms with van der Waals surface area (Å²) in [7, 11) is 1.38. The Bertz CT molecular complexity index is 1250. The van der Waals surface area contributed by atoms with Crippen molar-refractivity contribution < 1.29 is 19.4 Å². The Morgan fingerprint density at radius 2 is 1.76 bits per heavy atom. The van der Waals surface area contributed by atoms with E-state index in [-0.39, 0.29) is 41.1 Å². The summed E-state index contributed by atoms with van der Waals surface area (Å²) in [6.07, 6.45) is 3.26. The molecule has 0 atom stereocenters. The zero-order valence-electron chi connectivity index (χ0n) is 20.2. The molecule has 0 unspecified atom stereocenters. The molecule has 1 saturated heterocycles. The average molecular weight is 609 g/mol. The quantitative estimate of drug-likeness (QED) is 0.273. The van der Waals surface area contributed by atoms with Gasteiger partial charge < -0.3 is 14.7 Å². The number of hydrogen-bond donors (Lipinski definition) is 2. The van der Waals surface area contributed by atoms with E-state index in [2.05, 4.69) is 26.3 Å². The highest BCUT2D eigenvalue weighted by Crippen LogP contribution is 2.34. The third-order valence-corrected chi connectivity index (χ3v) is 6.81. The van der Waals surface area contributed by atoms with Gasteiger partial charge in [0.2, 0.25) is 5.91 Å². The summed E-state index contributed by atoms with van der Waals surface area (Å²) in [6.45, 7) is 1.84. The van der Waals surface area contributed by atoms with Gasteiger partial charge in [-0.1, -0.05) is 39.7 Å². The molecule has 0 aliphatic carbocycles. The van der Waals surface area contributed by atoms with Crippen LogP contribution >= 0.6 is 39.9 Å². The van der Waals surface area contributed by atoms with Crippen molar-refractivity contribution in [3.8, 4) is 5.75 Å². The second-order valence-electron chi connectivity index (χ2n) is 8.51. The Hall–Kier alpha value is -2.94. The number of benzene rings is 3. The fourth-order valence-corrected chi connectivity index (χ4v) is 4.89. The first-order chi connectivity index (χ1) is 17.4. The molecule has 1 fully saturated rings. The predicted molar refractivity (Wildman–Crippen MR) is 154 cm³/mol. The van der Waals surface area contributed by atoms with Gasteiger partial charge in [0.1, 0.15) is 11.3 Å². The van der Waals surface area contributed by atoms with E-state index in [1.807, 2.05) is 48.5 Å². The molecule has 0 saturated carbocycles. The number of amides is 1. The van der Waals surface area contributed by atoms with Gasteiger partial charge in [0.25, 0.3) is 0 Å². The van der Waals surface area contributed by atoms with Crippen LogP contribution in [-0.2, 0) is 11.2 Å². The van der Waals surface area contributed by atoms with Crippen LogP contribution in [0.15, 0.2) is 65.1 Å². The zero-order chi connectivity index (χ0) is 25.7. The molecular weight excluding hydrogens is 581 g/mol. The number of hydrazine groups is 1. The maximum Gasteiger partial charge on any atom is 0.339 e. The molecule has 10 heteroatoms. The van der Waals surface area contributed by atoms with Crippen molar-refractivity contribution in [1.82, 2.24) is 0 Å². The van der Waals surface area contributed by atoms with Gasteiger partial charge in [-0.15, -0.1) is 12.4 Å². The molecular formula is C27H28BrCl2N3O4. The number of nitrogens with one attached hydrogen (secondary N) is 1. The maximum atomic E-state index is 13.9. The average Bonchev–Trinajstić information content (AvgIpc) is 2.88. The number of carboxylic acids is 1. The first kappa shape index (κ1) is 28.6. The summed E-state index contributed by atoms with van der Waals surface area (Å²) in [5.41, 5.74) is 5.96. The number of rotatable bonds is 8. The third-order valence-electron chi connectivity index (χ3n) is 6.06. The monoisotopic (exact) mass is 607 g/mol. The molecule has 0 aromatic heterocycles. The second kappa shape index (κ2) is 13.0. The standard InChI is InChI=1S/C27H27BrClN3O4.ClH/c1-36-26-18(15-20(29)17-22(26)27(34)35)16-25(33)32(30-21-11-9-19(28)10-12-21)24-8-4-3-7-23(24)31-13-5-2-6-14-31;/h3-4,7-12,15,17,30H,2,5-6,13-14,16H2,1H3,(H,34,35);1H. The lowest BCUT2D eigenvalue weighted by molar-refractivity contribution is -0.117. The Morgan fingerprint density at radius 1 is 1.08 bits per heavy atom. The fraction of sp³-hybridized carbons (Fsp3) is 0.259. The molecule has 2 N–H and O–H groups in total. The second-order valence-corrected chi connectivity index (χ2v) is 9.86. The highest BCUT2D eigenvalue weighted by atomic mass is 79.9. The van der Waals surface area contributed by atoms with Crippen LogP contribution in [0.4, 0.5) is 17.1 Å². The van der Waals surface area contributed by atoms with Crippen molar-refractivity contribution in [2.75, 3.05) is 35.5 Å². The number of aromatic carboxylic acids is 1. The molecule has 1 amide bonds.